The molecule has 0 aliphatic rings. The van der Waals surface area contributed by atoms with E-state index >= 15 is 0 Å². The Kier molecular flexibility index (Phi) is 47.4. The summed E-state index contributed by atoms with van der Waals surface area (Å²) in [5.74, 6) is 1.72. The molecule has 0 amide bonds. The van der Waals surface area contributed by atoms with Gasteiger partial charge in [-0.15, -0.1) is 0 Å². The summed E-state index contributed by atoms with van der Waals surface area (Å²) in [5.41, 5.74) is 0. The molecule has 0 heterocycles. The van der Waals surface area contributed by atoms with Crippen LogP contribution < -0.4 is 0 Å². The van der Waals surface area contributed by atoms with Gasteiger partial charge in [0.25, 0.3) is 0 Å². The van der Waals surface area contributed by atoms with Crippen molar-refractivity contribution in [1.29, 1.82) is 0 Å². The number of rotatable bonds is 34. The second kappa shape index (κ2) is 43.7. The second-order valence-electron chi connectivity index (χ2n) is 14.8. The van der Waals surface area contributed by atoms with Crippen molar-refractivity contribution in [2.75, 3.05) is 13.2 Å². The van der Waals surface area contributed by atoms with Gasteiger partial charge in [-0.1, -0.05) is 196 Å². The van der Waals surface area contributed by atoms with Crippen LogP contribution in [0.3, 0.4) is 0 Å². The molecule has 0 aromatic heterocycles. The molecule has 0 fully saturated rings. The van der Waals surface area contributed by atoms with E-state index in [-0.39, 0.29) is 33.7 Å². The average Bonchev–Trinajstić information content (AvgIpc) is 3.03. The second-order valence-corrected chi connectivity index (χ2v) is 14.8. The maximum absolute atomic E-state index is 11.3. The van der Waals surface area contributed by atoms with Crippen molar-refractivity contribution in [1.82, 2.24) is 0 Å². The van der Waals surface area contributed by atoms with Crippen molar-refractivity contribution >= 4 is 11.9 Å². The molecular formula is C42H84O4Ti. The van der Waals surface area contributed by atoms with Crippen molar-refractivity contribution in [2.45, 2.75) is 234 Å². The van der Waals surface area contributed by atoms with E-state index in [4.69, 9.17) is 9.47 Å². The molecule has 0 aromatic rings. The van der Waals surface area contributed by atoms with E-state index in [2.05, 4.69) is 27.7 Å². The van der Waals surface area contributed by atoms with Gasteiger partial charge in [-0.3, -0.25) is 9.59 Å². The number of carbonyl (C=O) groups is 2. The van der Waals surface area contributed by atoms with Crippen LogP contribution in [0.25, 0.3) is 0 Å². The first-order valence-corrected chi connectivity index (χ1v) is 20.6. The van der Waals surface area contributed by atoms with Crippen LogP contribution >= 0.6 is 0 Å². The van der Waals surface area contributed by atoms with Crippen molar-refractivity contribution < 1.29 is 40.8 Å². The maximum atomic E-state index is 11.3. The summed E-state index contributed by atoms with van der Waals surface area (Å²) in [5, 5.41) is 0. The molecule has 0 spiro atoms. The van der Waals surface area contributed by atoms with Gasteiger partial charge in [0.1, 0.15) is 0 Å². The first kappa shape index (κ1) is 51.0. The van der Waals surface area contributed by atoms with E-state index in [1.54, 1.807) is 0 Å². The maximum Gasteiger partial charge on any atom is 0.305 e. The summed E-state index contributed by atoms with van der Waals surface area (Å²) in [4.78, 5) is 22.6. The summed E-state index contributed by atoms with van der Waals surface area (Å²) >= 11 is 0. The van der Waals surface area contributed by atoms with Gasteiger partial charge in [0.05, 0.1) is 13.2 Å². The molecule has 4 nitrogen and oxygen atoms in total. The molecule has 5 heteroatoms. The van der Waals surface area contributed by atoms with E-state index in [1.807, 2.05) is 13.8 Å². The predicted molar refractivity (Wildman–Crippen MR) is 201 cm³/mol. The molecule has 0 bridgehead atoms. The Hall–Kier alpha value is -0.346. The molecule has 0 saturated carbocycles. The average molecular weight is 701 g/mol. The minimum atomic E-state index is -0.0137. The van der Waals surface area contributed by atoms with Gasteiger partial charge >= 0.3 is 11.9 Å². The van der Waals surface area contributed by atoms with Crippen LogP contribution in [0.4, 0.5) is 0 Å². The molecule has 0 N–H and O–H groups in total. The Balaban J connectivity index is -0.000000807. The third kappa shape index (κ3) is 50.1. The van der Waals surface area contributed by atoms with Crippen molar-refractivity contribution in [3.8, 4) is 0 Å². The summed E-state index contributed by atoms with van der Waals surface area (Å²) in [6.07, 6.45) is 38.0. The number of hydrogen-bond acceptors (Lipinski definition) is 4. The van der Waals surface area contributed by atoms with E-state index in [1.165, 1.54) is 154 Å². The van der Waals surface area contributed by atoms with Gasteiger partial charge in [0, 0.05) is 34.6 Å². The third-order valence-corrected chi connectivity index (χ3v) is 8.76. The number of unbranched alkanes of at least 4 members (excludes halogenated alkanes) is 22. The number of hydrogen-bond donors (Lipinski definition) is 0. The minimum absolute atomic E-state index is 0. The Bertz CT molecular complexity index is 555. The van der Waals surface area contributed by atoms with Crippen LogP contribution in [0.5, 0.6) is 0 Å². The summed E-state index contributed by atoms with van der Waals surface area (Å²) in [6, 6.07) is 0. The van der Waals surface area contributed by atoms with Crippen molar-refractivity contribution in [3.63, 3.8) is 0 Å². The van der Waals surface area contributed by atoms with E-state index in [0.717, 1.165) is 37.5 Å². The quantitative estimate of drug-likeness (QED) is 0.0381. The van der Waals surface area contributed by atoms with Gasteiger partial charge in [-0.05, 0) is 37.5 Å². The fourth-order valence-corrected chi connectivity index (χ4v) is 5.76. The van der Waals surface area contributed by atoms with Crippen LogP contribution in [0.1, 0.15) is 234 Å². The fourth-order valence-electron chi connectivity index (χ4n) is 5.76. The van der Waals surface area contributed by atoms with Crippen LogP contribution in [0.2, 0.25) is 0 Å². The zero-order valence-corrected chi connectivity index (χ0v) is 34.5. The third-order valence-electron chi connectivity index (χ3n) is 8.76. The Morgan fingerprint density at radius 3 is 0.809 bits per heavy atom. The molecule has 280 valence electrons. The van der Waals surface area contributed by atoms with Gasteiger partial charge in [-0.25, -0.2) is 0 Å². The summed E-state index contributed by atoms with van der Waals surface area (Å²) in [7, 11) is 0. The molecule has 0 aliphatic carbocycles. The molecule has 0 unspecified atom stereocenters. The molecule has 0 rings (SSSR count). The molecule has 0 saturated heterocycles. The summed E-state index contributed by atoms with van der Waals surface area (Å²) < 4.78 is 10.1. The Morgan fingerprint density at radius 1 is 0.383 bits per heavy atom. The first-order chi connectivity index (χ1) is 22.3. The van der Waals surface area contributed by atoms with Crippen LogP contribution in [0, 0.1) is 11.8 Å². The van der Waals surface area contributed by atoms with Gasteiger partial charge in [0.2, 0.25) is 0 Å². The number of carbonyl (C=O) groups excluding carboxylic acids is 2. The summed E-state index contributed by atoms with van der Waals surface area (Å²) in [6.45, 7) is 14.5. The first-order valence-electron chi connectivity index (χ1n) is 20.6. The molecular weight excluding hydrogens is 616 g/mol. The SMILES string of the molecule is CCCOC(=O)CCCCCCCCCCCCCCC(C)C.CCCOC(=O)CCCCCCCCCCCCCCC(C)C.[Ti]. The fraction of sp³-hybridized carbons (Fsp3) is 0.952. The smallest absolute Gasteiger partial charge is 0.305 e. The number of esters is 2. The van der Waals surface area contributed by atoms with Crippen LogP contribution in [-0.4, -0.2) is 25.2 Å². The minimum Gasteiger partial charge on any atom is -0.466 e. The standard InChI is InChI=1S/2C21H42O2.Ti/c2*1-4-19-23-21(22)18-16-14-12-10-8-6-5-7-9-11-13-15-17-20(2)3;/h2*20H,4-19H2,1-3H3;. The predicted octanol–water partition coefficient (Wildman–Crippen LogP) is 14.1. The van der Waals surface area contributed by atoms with Gasteiger partial charge < -0.3 is 9.47 Å². The Morgan fingerprint density at radius 2 is 0.596 bits per heavy atom. The van der Waals surface area contributed by atoms with E-state index < -0.39 is 0 Å². The molecule has 0 atom stereocenters. The topological polar surface area (TPSA) is 52.6 Å². The van der Waals surface area contributed by atoms with Gasteiger partial charge in [-0.2, -0.15) is 0 Å². The van der Waals surface area contributed by atoms with Crippen LogP contribution in [-0.2, 0) is 40.8 Å². The van der Waals surface area contributed by atoms with Crippen LogP contribution in [0.15, 0.2) is 0 Å². The van der Waals surface area contributed by atoms with Crippen molar-refractivity contribution in [3.05, 3.63) is 0 Å². The van der Waals surface area contributed by atoms with Gasteiger partial charge in [0.15, 0.2) is 0 Å². The van der Waals surface area contributed by atoms with E-state index in [9.17, 15) is 9.59 Å². The van der Waals surface area contributed by atoms with E-state index in [0.29, 0.717) is 26.1 Å². The Labute approximate surface area is 310 Å². The zero-order chi connectivity index (χ0) is 34.4. The normalized spacial score (nSPS) is 10.9. The molecule has 47 heavy (non-hydrogen) atoms. The molecule has 0 aromatic carbocycles. The largest absolute Gasteiger partial charge is 0.466 e. The zero-order valence-electron chi connectivity index (χ0n) is 32.9. The monoisotopic (exact) mass is 701 g/mol. The van der Waals surface area contributed by atoms with Crippen molar-refractivity contribution in [2.24, 2.45) is 11.8 Å². The molecule has 0 aliphatic heterocycles. The number of ether oxygens (including phenoxy) is 2. The molecule has 0 radical (unpaired) electrons.